The van der Waals surface area contributed by atoms with Gasteiger partial charge in [0.1, 0.15) is 5.82 Å². The van der Waals surface area contributed by atoms with Crippen LogP contribution in [0.5, 0.6) is 0 Å². The second-order valence-electron chi connectivity index (χ2n) is 4.31. The number of hydrogen-bond donors (Lipinski definition) is 1. The van der Waals surface area contributed by atoms with E-state index in [1.54, 1.807) is 0 Å². The van der Waals surface area contributed by atoms with Crippen LogP contribution < -0.4 is 5.32 Å². The number of aromatic nitrogens is 1. The van der Waals surface area contributed by atoms with Gasteiger partial charge in [0.25, 0.3) is 0 Å². The fourth-order valence-corrected chi connectivity index (χ4v) is 1.74. The van der Waals surface area contributed by atoms with Crippen LogP contribution in [-0.4, -0.2) is 11.0 Å². The zero-order chi connectivity index (χ0) is 10.3. The van der Waals surface area contributed by atoms with E-state index in [4.69, 9.17) is 0 Å². The Bertz CT molecular complexity index is 501. The first-order valence-corrected chi connectivity index (χ1v) is 5.45. The van der Waals surface area contributed by atoms with Gasteiger partial charge < -0.3 is 5.32 Å². The van der Waals surface area contributed by atoms with Crippen LogP contribution in [0, 0.1) is 6.92 Å². The molecule has 1 N–H and O–H groups in total. The maximum atomic E-state index is 4.61. The Kier molecular flexibility index (Phi) is 1.88. The van der Waals surface area contributed by atoms with E-state index in [0.717, 1.165) is 11.3 Å². The van der Waals surface area contributed by atoms with Crippen LogP contribution in [-0.2, 0) is 0 Å². The van der Waals surface area contributed by atoms with Crippen molar-refractivity contribution in [1.29, 1.82) is 0 Å². The van der Waals surface area contributed by atoms with E-state index < -0.39 is 0 Å². The number of anilines is 1. The van der Waals surface area contributed by atoms with Crippen molar-refractivity contribution in [3.63, 3.8) is 0 Å². The lowest BCUT2D eigenvalue weighted by molar-refractivity contribution is 1.12. The Morgan fingerprint density at radius 1 is 1.20 bits per heavy atom. The molecule has 0 saturated heterocycles. The van der Waals surface area contributed by atoms with Crippen molar-refractivity contribution in [1.82, 2.24) is 4.98 Å². The van der Waals surface area contributed by atoms with Crippen LogP contribution in [0.4, 0.5) is 5.82 Å². The summed E-state index contributed by atoms with van der Waals surface area (Å²) in [5, 5.41) is 4.63. The quantitative estimate of drug-likeness (QED) is 0.802. The smallest absolute Gasteiger partial charge is 0.126 e. The van der Waals surface area contributed by atoms with Crippen molar-refractivity contribution in [3.05, 3.63) is 35.9 Å². The number of pyridine rings is 1. The molecule has 0 atom stereocenters. The summed E-state index contributed by atoms with van der Waals surface area (Å²) in [5.74, 6) is 1.01. The molecule has 1 fully saturated rings. The lowest BCUT2D eigenvalue weighted by atomic mass is 10.1. The average molecular weight is 198 g/mol. The summed E-state index contributed by atoms with van der Waals surface area (Å²) >= 11 is 0. The van der Waals surface area contributed by atoms with Crippen molar-refractivity contribution in [3.8, 4) is 0 Å². The van der Waals surface area contributed by atoms with Gasteiger partial charge in [-0.15, -0.1) is 0 Å². The molecule has 1 aromatic carbocycles. The first kappa shape index (κ1) is 8.72. The minimum absolute atomic E-state index is 0.666. The summed E-state index contributed by atoms with van der Waals surface area (Å²) < 4.78 is 0. The molecule has 1 aromatic heterocycles. The van der Waals surface area contributed by atoms with Crippen LogP contribution in [0.3, 0.4) is 0 Å². The van der Waals surface area contributed by atoms with Crippen molar-refractivity contribution < 1.29 is 0 Å². The number of nitrogens with zero attached hydrogens (tertiary/aromatic N) is 1. The van der Waals surface area contributed by atoms with Gasteiger partial charge in [0.05, 0.1) is 5.52 Å². The number of aryl methyl sites for hydroxylation is 1. The van der Waals surface area contributed by atoms with E-state index >= 15 is 0 Å². The zero-order valence-corrected chi connectivity index (χ0v) is 8.83. The van der Waals surface area contributed by atoms with Gasteiger partial charge in [0, 0.05) is 11.4 Å². The van der Waals surface area contributed by atoms with E-state index in [-0.39, 0.29) is 0 Å². The molecule has 0 aliphatic heterocycles. The topological polar surface area (TPSA) is 24.9 Å². The van der Waals surface area contributed by atoms with Gasteiger partial charge in [0.15, 0.2) is 0 Å². The van der Waals surface area contributed by atoms with Crippen molar-refractivity contribution in [2.24, 2.45) is 0 Å². The van der Waals surface area contributed by atoms with Gasteiger partial charge in [-0.05, 0) is 43.5 Å². The molecule has 0 unspecified atom stereocenters. The minimum Gasteiger partial charge on any atom is -0.367 e. The maximum absolute atomic E-state index is 4.61. The first-order chi connectivity index (χ1) is 7.31. The molecular formula is C13H14N2. The van der Waals surface area contributed by atoms with Gasteiger partial charge in [0.2, 0.25) is 0 Å². The van der Waals surface area contributed by atoms with Crippen molar-refractivity contribution >= 4 is 16.7 Å². The molecule has 2 heteroatoms. The Balaban J connectivity index is 2.03. The highest BCUT2D eigenvalue weighted by Crippen LogP contribution is 2.25. The molecule has 1 aliphatic carbocycles. The molecule has 0 radical (unpaired) electrons. The van der Waals surface area contributed by atoms with Crippen molar-refractivity contribution in [2.45, 2.75) is 25.8 Å². The molecule has 0 spiro atoms. The van der Waals surface area contributed by atoms with Gasteiger partial charge in [-0.3, -0.25) is 0 Å². The van der Waals surface area contributed by atoms with E-state index in [9.17, 15) is 0 Å². The third kappa shape index (κ3) is 1.80. The molecule has 1 heterocycles. The summed E-state index contributed by atoms with van der Waals surface area (Å²) in [4.78, 5) is 4.61. The minimum atomic E-state index is 0.666. The molecule has 0 amide bonds. The number of benzene rings is 1. The van der Waals surface area contributed by atoms with Crippen LogP contribution in [0.1, 0.15) is 18.4 Å². The highest BCUT2D eigenvalue weighted by Gasteiger charge is 2.21. The Morgan fingerprint density at radius 3 is 2.80 bits per heavy atom. The van der Waals surface area contributed by atoms with Gasteiger partial charge >= 0.3 is 0 Å². The SMILES string of the molecule is Cc1ccc2ccc(NC3CC3)nc2c1. The molecule has 1 aliphatic rings. The standard InChI is InChI=1S/C13H14N2/c1-9-2-3-10-4-7-13(14-11-5-6-11)15-12(10)8-9/h2-4,7-8,11H,5-6H2,1H3,(H,14,15). The third-order valence-electron chi connectivity index (χ3n) is 2.78. The zero-order valence-electron chi connectivity index (χ0n) is 8.83. The van der Waals surface area contributed by atoms with Crippen LogP contribution in [0.15, 0.2) is 30.3 Å². The van der Waals surface area contributed by atoms with E-state index in [1.807, 2.05) is 0 Å². The van der Waals surface area contributed by atoms with Crippen LogP contribution in [0.2, 0.25) is 0 Å². The summed E-state index contributed by atoms with van der Waals surface area (Å²) in [6, 6.07) is 11.2. The van der Waals surface area contributed by atoms with E-state index in [2.05, 4.69) is 47.6 Å². The molecule has 2 aromatic rings. The molecule has 3 rings (SSSR count). The van der Waals surface area contributed by atoms with Crippen LogP contribution >= 0.6 is 0 Å². The molecule has 76 valence electrons. The summed E-state index contributed by atoms with van der Waals surface area (Å²) in [6.07, 6.45) is 2.57. The van der Waals surface area contributed by atoms with Crippen molar-refractivity contribution in [2.75, 3.05) is 5.32 Å². The van der Waals surface area contributed by atoms with Gasteiger partial charge in [-0.25, -0.2) is 4.98 Å². The molecule has 15 heavy (non-hydrogen) atoms. The molecule has 0 bridgehead atoms. The third-order valence-corrected chi connectivity index (χ3v) is 2.78. The van der Waals surface area contributed by atoms with Gasteiger partial charge in [-0.2, -0.15) is 0 Å². The number of fused-ring (bicyclic) bond motifs is 1. The highest BCUT2D eigenvalue weighted by molar-refractivity contribution is 5.80. The lowest BCUT2D eigenvalue weighted by Crippen LogP contribution is -2.02. The largest absolute Gasteiger partial charge is 0.367 e. The summed E-state index contributed by atoms with van der Waals surface area (Å²) in [5.41, 5.74) is 2.35. The predicted molar refractivity (Wildman–Crippen MR) is 63.1 cm³/mol. The monoisotopic (exact) mass is 198 g/mol. The Labute approximate surface area is 89.3 Å². The number of nitrogens with one attached hydrogen (secondary N) is 1. The predicted octanol–water partition coefficient (Wildman–Crippen LogP) is 3.12. The fourth-order valence-electron chi connectivity index (χ4n) is 1.74. The number of hydrogen-bond acceptors (Lipinski definition) is 2. The second-order valence-corrected chi connectivity index (χ2v) is 4.31. The van der Waals surface area contributed by atoms with E-state index in [0.29, 0.717) is 6.04 Å². The normalized spacial score (nSPS) is 15.5. The highest BCUT2D eigenvalue weighted by atomic mass is 15.0. The second kappa shape index (κ2) is 3.23. The van der Waals surface area contributed by atoms with E-state index in [1.165, 1.54) is 23.8 Å². The Hall–Kier alpha value is -1.57. The average Bonchev–Trinajstić information content (AvgIpc) is 3.01. The van der Waals surface area contributed by atoms with Gasteiger partial charge in [-0.1, -0.05) is 12.1 Å². The first-order valence-electron chi connectivity index (χ1n) is 5.45. The summed E-state index contributed by atoms with van der Waals surface area (Å²) in [6.45, 7) is 2.10. The molecular weight excluding hydrogens is 184 g/mol. The lowest BCUT2D eigenvalue weighted by Gasteiger charge is -2.05. The number of rotatable bonds is 2. The molecule has 1 saturated carbocycles. The summed E-state index contributed by atoms with van der Waals surface area (Å²) in [7, 11) is 0. The molecule has 2 nitrogen and oxygen atoms in total. The fraction of sp³-hybridized carbons (Fsp3) is 0.308. The maximum Gasteiger partial charge on any atom is 0.126 e. The Morgan fingerprint density at radius 2 is 2.00 bits per heavy atom. The van der Waals surface area contributed by atoms with Crippen LogP contribution in [0.25, 0.3) is 10.9 Å².